The summed E-state index contributed by atoms with van der Waals surface area (Å²) >= 11 is 0. The van der Waals surface area contributed by atoms with Gasteiger partial charge in [0.2, 0.25) is 0 Å². The van der Waals surface area contributed by atoms with Crippen molar-refractivity contribution in [1.82, 2.24) is 5.32 Å². The molecule has 4 nitrogen and oxygen atoms in total. The first-order chi connectivity index (χ1) is 8.31. The van der Waals surface area contributed by atoms with Gasteiger partial charge >= 0.3 is 6.09 Å². The molecule has 0 unspecified atom stereocenters. The van der Waals surface area contributed by atoms with E-state index in [1.165, 1.54) is 0 Å². The second kappa shape index (κ2) is 12.8. The SMILES string of the molecule is CC/C=C\CC/C=C/CNC(=O)OCCOC. The normalized spacial score (nSPS) is 11.2. The molecule has 0 saturated carbocycles. The Labute approximate surface area is 104 Å². The number of hydrogen-bond donors (Lipinski definition) is 1. The Kier molecular flexibility index (Phi) is 11.8. The average Bonchev–Trinajstić information content (AvgIpc) is 2.33. The summed E-state index contributed by atoms with van der Waals surface area (Å²) in [5.74, 6) is 0. The highest BCUT2D eigenvalue weighted by Gasteiger charge is 1.97. The molecule has 0 aliphatic carbocycles. The van der Waals surface area contributed by atoms with E-state index in [9.17, 15) is 4.79 Å². The molecule has 0 rings (SSSR count). The fourth-order valence-electron chi connectivity index (χ4n) is 1.09. The summed E-state index contributed by atoms with van der Waals surface area (Å²) < 4.78 is 9.58. The Morgan fingerprint density at radius 3 is 2.47 bits per heavy atom. The van der Waals surface area contributed by atoms with E-state index in [-0.39, 0.29) is 6.61 Å². The first kappa shape index (κ1) is 15.7. The van der Waals surface area contributed by atoms with Crippen molar-refractivity contribution in [1.29, 1.82) is 0 Å². The molecule has 0 aromatic carbocycles. The van der Waals surface area contributed by atoms with Gasteiger partial charge in [0.05, 0.1) is 6.61 Å². The average molecular weight is 241 g/mol. The molecule has 0 aromatic heterocycles. The van der Waals surface area contributed by atoms with E-state index in [1.54, 1.807) is 7.11 Å². The summed E-state index contributed by atoms with van der Waals surface area (Å²) in [5, 5.41) is 2.62. The van der Waals surface area contributed by atoms with Gasteiger partial charge in [-0.05, 0) is 19.3 Å². The second-order valence-corrected chi connectivity index (χ2v) is 3.44. The summed E-state index contributed by atoms with van der Waals surface area (Å²) in [6, 6.07) is 0. The molecule has 1 amide bonds. The Bertz CT molecular complexity index is 237. The van der Waals surface area contributed by atoms with Crippen molar-refractivity contribution in [2.75, 3.05) is 26.9 Å². The van der Waals surface area contributed by atoms with E-state index in [1.807, 2.05) is 6.08 Å². The van der Waals surface area contributed by atoms with Crippen LogP contribution in [0.25, 0.3) is 0 Å². The molecule has 0 atom stereocenters. The molecule has 0 fully saturated rings. The maximum atomic E-state index is 11.1. The van der Waals surface area contributed by atoms with Crippen LogP contribution >= 0.6 is 0 Å². The van der Waals surface area contributed by atoms with Gasteiger partial charge in [-0.2, -0.15) is 0 Å². The number of allylic oxidation sites excluding steroid dienone is 3. The van der Waals surface area contributed by atoms with Gasteiger partial charge in [0.25, 0.3) is 0 Å². The Morgan fingerprint density at radius 2 is 1.82 bits per heavy atom. The van der Waals surface area contributed by atoms with Crippen LogP contribution < -0.4 is 5.32 Å². The van der Waals surface area contributed by atoms with E-state index in [0.717, 1.165) is 19.3 Å². The zero-order valence-electron chi connectivity index (χ0n) is 10.8. The molecule has 98 valence electrons. The number of hydrogen-bond acceptors (Lipinski definition) is 3. The first-order valence-electron chi connectivity index (χ1n) is 6.00. The lowest BCUT2D eigenvalue weighted by atomic mass is 10.2. The molecule has 0 heterocycles. The molecule has 0 aliphatic rings. The van der Waals surface area contributed by atoms with Crippen molar-refractivity contribution in [3.63, 3.8) is 0 Å². The Balaban J connectivity index is 3.33. The van der Waals surface area contributed by atoms with Crippen LogP contribution in [0.3, 0.4) is 0 Å². The molecular formula is C13H23NO3. The Hall–Kier alpha value is -1.29. The van der Waals surface area contributed by atoms with Gasteiger partial charge in [0, 0.05) is 13.7 Å². The van der Waals surface area contributed by atoms with Crippen LogP contribution in [0.5, 0.6) is 0 Å². The van der Waals surface area contributed by atoms with Gasteiger partial charge in [-0.1, -0.05) is 31.2 Å². The van der Waals surface area contributed by atoms with Crippen LogP contribution in [0, 0.1) is 0 Å². The monoisotopic (exact) mass is 241 g/mol. The van der Waals surface area contributed by atoms with Crippen molar-refractivity contribution in [3.8, 4) is 0 Å². The van der Waals surface area contributed by atoms with Crippen molar-refractivity contribution in [2.45, 2.75) is 26.2 Å². The molecule has 0 radical (unpaired) electrons. The van der Waals surface area contributed by atoms with E-state index >= 15 is 0 Å². The van der Waals surface area contributed by atoms with Gasteiger partial charge in [-0.25, -0.2) is 4.79 Å². The number of alkyl carbamates (subject to hydrolysis) is 1. The molecule has 0 aliphatic heterocycles. The van der Waals surface area contributed by atoms with Crippen molar-refractivity contribution in [3.05, 3.63) is 24.3 Å². The number of rotatable bonds is 9. The number of amides is 1. The second-order valence-electron chi connectivity index (χ2n) is 3.44. The highest BCUT2D eigenvalue weighted by Crippen LogP contribution is 1.93. The molecule has 0 bridgehead atoms. The number of ether oxygens (including phenoxy) is 2. The molecule has 1 N–H and O–H groups in total. The molecule has 0 aromatic rings. The lowest BCUT2D eigenvalue weighted by Gasteiger charge is -2.03. The van der Waals surface area contributed by atoms with E-state index < -0.39 is 6.09 Å². The largest absolute Gasteiger partial charge is 0.447 e. The minimum Gasteiger partial charge on any atom is -0.447 e. The highest BCUT2D eigenvalue weighted by molar-refractivity contribution is 5.67. The summed E-state index contributed by atoms with van der Waals surface area (Å²) in [6.07, 6.45) is 11.0. The van der Waals surface area contributed by atoms with Crippen LogP contribution in [-0.4, -0.2) is 33.0 Å². The molecule has 17 heavy (non-hydrogen) atoms. The Morgan fingerprint density at radius 1 is 1.12 bits per heavy atom. The topological polar surface area (TPSA) is 47.6 Å². The van der Waals surface area contributed by atoms with Gasteiger partial charge in [-0.3, -0.25) is 0 Å². The maximum Gasteiger partial charge on any atom is 0.407 e. The van der Waals surface area contributed by atoms with Gasteiger partial charge in [0.15, 0.2) is 0 Å². The predicted molar refractivity (Wildman–Crippen MR) is 69.0 cm³/mol. The van der Waals surface area contributed by atoms with Gasteiger partial charge in [0.1, 0.15) is 6.61 Å². The summed E-state index contributed by atoms with van der Waals surface area (Å²) in [4.78, 5) is 11.1. The number of carbonyl (C=O) groups is 1. The zero-order valence-corrected chi connectivity index (χ0v) is 10.8. The lowest BCUT2D eigenvalue weighted by molar-refractivity contribution is 0.0992. The number of nitrogens with one attached hydrogen (secondary N) is 1. The van der Waals surface area contributed by atoms with Crippen LogP contribution in [0.15, 0.2) is 24.3 Å². The fourth-order valence-corrected chi connectivity index (χ4v) is 1.09. The zero-order chi connectivity index (χ0) is 12.8. The van der Waals surface area contributed by atoms with Crippen LogP contribution in [0.4, 0.5) is 4.79 Å². The van der Waals surface area contributed by atoms with E-state index in [4.69, 9.17) is 9.47 Å². The molecule has 4 heteroatoms. The molecular weight excluding hydrogens is 218 g/mol. The van der Waals surface area contributed by atoms with Crippen molar-refractivity contribution < 1.29 is 14.3 Å². The predicted octanol–water partition coefficient (Wildman–Crippen LogP) is 2.66. The van der Waals surface area contributed by atoms with Crippen LogP contribution in [-0.2, 0) is 9.47 Å². The summed E-state index contributed by atoms with van der Waals surface area (Å²) in [7, 11) is 1.57. The van der Waals surface area contributed by atoms with Crippen LogP contribution in [0.1, 0.15) is 26.2 Å². The van der Waals surface area contributed by atoms with Gasteiger partial charge in [-0.15, -0.1) is 0 Å². The van der Waals surface area contributed by atoms with E-state index in [2.05, 4.69) is 30.5 Å². The van der Waals surface area contributed by atoms with Crippen LogP contribution in [0.2, 0.25) is 0 Å². The van der Waals surface area contributed by atoms with Crippen molar-refractivity contribution >= 4 is 6.09 Å². The quantitative estimate of drug-likeness (QED) is 0.498. The van der Waals surface area contributed by atoms with Crippen molar-refractivity contribution in [2.24, 2.45) is 0 Å². The van der Waals surface area contributed by atoms with E-state index in [0.29, 0.717) is 13.2 Å². The standard InChI is InChI=1S/C13H23NO3/c1-3-4-5-6-7-8-9-10-14-13(15)17-12-11-16-2/h4-5,8-9H,3,6-7,10-12H2,1-2H3,(H,14,15)/b5-4-,9-8+. The third-order valence-corrected chi connectivity index (χ3v) is 1.95. The fraction of sp³-hybridized carbons (Fsp3) is 0.615. The summed E-state index contributed by atoms with van der Waals surface area (Å²) in [6.45, 7) is 3.33. The molecule has 0 saturated heterocycles. The minimum atomic E-state index is -0.405. The third kappa shape index (κ3) is 12.6. The number of carbonyl (C=O) groups excluding carboxylic acids is 1. The number of methoxy groups -OCH3 is 1. The lowest BCUT2D eigenvalue weighted by Crippen LogP contribution is -2.25. The highest BCUT2D eigenvalue weighted by atomic mass is 16.6. The maximum absolute atomic E-state index is 11.1. The number of unbranched alkanes of at least 4 members (excludes halogenated alkanes) is 1. The smallest absolute Gasteiger partial charge is 0.407 e. The first-order valence-corrected chi connectivity index (χ1v) is 6.00. The van der Waals surface area contributed by atoms with Gasteiger partial charge < -0.3 is 14.8 Å². The summed E-state index contributed by atoms with van der Waals surface area (Å²) in [5.41, 5.74) is 0. The molecule has 0 spiro atoms. The third-order valence-electron chi connectivity index (χ3n) is 1.95. The minimum absolute atomic E-state index is 0.286.